The Kier molecular flexibility index (Phi) is 23.6. The summed E-state index contributed by atoms with van der Waals surface area (Å²) in [6.45, 7) is 16.1. The summed E-state index contributed by atoms with van der Waals surface area (Å²) < 4.78 is 10.1. The topological polar surface area (TPSA) is 18.5 Å². The fourth-order valence-electron chi connectivity index (χ4n) is 1.57. The number of hydrogen-bond donors (Lipinski definition) is 0. The van der Waals surface area contributed by atoms with Gasteiger partial charge in [-0.1, -0.05) is 77.9 Å². The average Bonchev–Trinajstić information content (AvgIpc) is 2.68. The monoisotopic (exact) mass is 334 g/mol. The molecule has 0 unspecified atom stereocenters. The van der Waals surface area contributed by atoms with Crippen LogP contribution >= 0.6 is 0 Å². The molecule has 0 saturated carbocycles. The lowest BCUT2D eigenvalue weighted by Gasteiger charge is -2.00. The van der Waals surface area contributed by atoms with Crippen molar-refractivity contribution in [3.63, 3.8) is 0 Å². The van der Waals surface area contributed by atoms with E-state index < -0.39 is 0 Å². The van der Waals surface area contributed by atoms with Crippen LogP contribution in [0.25, 0.3) is 0 Å². The first kappa shape index (κ1) is 26.9. The van der Waals surface area contributed by atoms with Crippen LogP contribution in [0.4, 0.5) is 0 Å². The molecule has 0 radical (unpaired) electrons. The molecule has 0 aromatic heterocycles. The maximum Gasteiger partial charge on any atom is 0.121 e. The number of aryl methyl sites for hydroxylation is 2. The summed E-state index contributed by atoms with van der Waals surface area (Å²) in [6, 6.07) is 15.9. The van der Waals surface area contributed by atoms with Gasteiger partial charge in [0.25, 0.3) is 0 Å². The van der Waals surface area contributed by atoms with Gasteiger partial charge in [0.1, 0.15) is 11.5 Å². The van der Waals surface area contributed by atoms with Crippen LogP contribution in [-0.2, 0) is 0 Å². The zero-order chi connectivity index (χ0) is 19.4. The van der Waals surface area contributed by atoms with Gasteiger partial charge in [-0.25, -0.2) is 0 Å². The Bertz CT molecular complexity index is 433. The molecule has 0 atom stereocenters. The molecule has 0 aliphatic heterocycles. The lowest BCUT2D eigenvalue weighted by molar-refractivity contribution is 0.411. The number of ether oxygens (including phenoxy) is 2. The Morgan fingerprint density at radius 2 is 0.750 bits per heavy atom. The van der Waals surface area contributed by atoms with Crippen molar-refractivity contribution in [1.82, 2.24) is 0 Å². The van der Waals surface area contributed by atoms with Gasteiger partial charge >= 0.3 is 0 Å². The average molecular weight is 335 g/mol. The molecule has 2 aromatic rings. The standard InChI is InChI=1S/2C8H10O.3C2H6/c2*1-7-5-3-4-6-8(7)9-2;3*1-2/h2*3-6H,1-2H3;3*1-2H3. The molecule has 0 fully saturated rings. The predicted octanol–water partition coefficient (Wildman–Crippen LogP) is 7.09. The second-order valence-electron chi connectivity index (χ2n) is 3.94. The van der Waals surface area contributed by atoms with E-state index in [0.717, 1.165) is 11.5 Å². The summed E-state index contributed by atoms with van der Waals surface area (Å²) >= 11 is 0. The van der Waals surface area contributed by atoms with Gasteiger partial charge in [-0.3, -0.25) is 0 Å². The van der Waals surface area contributed by atoms with Crippen molar-refractivity contribution >= 4 is 0 Å². The Hall–Kier alpha value is -1.96. The van der Waals surface area contributed by atoms with Crippen molar-refractivity contribution in [2.24, 2.45) is 0 Å². The van der Waals surface area contributed by atoms with E-state index in [9.17, 15) is 0 Å². The minimum absolute atomic E-state index is 0.956. The number of benzene rings is 2. The second-order valence-corrected chi connectivity index (χ2v) is 3.94. The van der Waals surface area contributed by atoms with Crippen molar-refractivity contribution in [3.05, 3.63) is 59.7 Å². The van der Waals surface area contributed by atoms with Gasteiger partial charge in [0.2, 0.25) is 0 Å². The molecule has 0 heterocycles. The highest BCUT2D eigenvalue weighted by atomic mass is 16.5. The van der Waals surface area contributed by atoms with E-state index in [0.29, 0.717) is 0 Å². The fourth-order valence-corrected chi connectivity index (χ4v) is 1.57. The van der Waals surface area contributed by atoms with Crippen LogP contribution in [-0.4, -0.2) is 14.2 Å². The van der Waals surface area contributed by atoms with E-state index in [1.165, 1.54) is 11.1 Å². The van der Waals surface area contributed by atoms with Gasteiger partial charge in [0, 0.05) is 0 Å². The molecule has 0 bridgehead atoms. The third-order valence-electron chi connectivity index (χ3n) is 2.63. The van der Waals surface area contributed by atoms with Crippen LogP contribution < -0.4 is 9.47 Å². The summed E-state index contributed by atoms with van der Waals surface area (Å²) in [5, 5.41) is 0. The Morgan fingerprint density at radius 1 is 0.500 bits per heavy atom. The van der Waals surface area contributed by atoms with E-state index in [4.69, 9.17) is 9.47 Å². The van der Waals surface area contributed by atoms with Crippen LogP contribution in [0, 0.1) is 13.8 Å². The summed E-state index contributed by atoms with van der Waals surface area (Å²) in [4.78, 5) is 0. The molecule has 2 nitrogen and oxygen atoms in total. The van der Waals surface area contributed by atoms with Gasteiger partial charge in [-0.05, 0) is 37.1 Å². The van der Waals surface area contributed by atoms with E-state index in [-0.39, 0.29) is 0 Å². The summed E-state index contributed by atoms with van der Waals surface area (Å²) in [5.74, 6) is 1.91. The first-order valence-electron chi connectivity index (χ1n) is 8.88. The van der Waals surface area contributed by atoms with E-state index in [1.807, 2.05) is 104 Å². The lowest BCUT2D eigenvalue weighted by Crippen LogP contribution is -1.84. The molecule has 0 saturated heterocycles. The Morgan fingerprint density at radius 3 is 0.917 bits per heavy atom. The molecule has 0 aliphatic carbocycles. The maximum absolute atomic E-state index is 5.04. The second kappa shape index (κ2) is 21.0. The highest BCUT2D eigenvalue weighted by Gasteiger charge is 1.91. The predicted molar refractivity (Wildman–Crippen MR) is 110 cm³/mol. The van der Waals surface area contributed by atoms with Gasteiger partial charge in [0.05, 0.1) is 14.2 Å². The molecule has 0 spiro atoms. The molecule has 24 heavy (non-hydrogen) atoms. The van der Waals surface area contributed by atoms with Gasteiger partial charge in [-0.2, -0.15) is 0 Å². The first-order valence-corrected chi connectivity index (χ1v) is 8.88. The van der Waals surface area contributed by atoms with Crippen molar-refractivity contribution < 1.29 is 9.47 Å². The van der Waals surface area contributed by atoms with Crippen molar-refractivity contribution in [3.8, 4) is 11.5 Å². The highest BCUT2D eigenvalue weighted by molar-refractivity contribution is 5.32. The third kappa shape index (κ3) is 12.6. The van der Waals surface area contributed by atoms with Crippen molar-refractivity contribution in [2.45, 2.75) is 55.4 Å². The third-order valence-corrected chi connectivity index (χ3v) is 2.63. The van der Waals surface area contributed by atoms with Crippen LogP contribution in [0.3, 0.4) is 0 Å². The zero-order valence-corrected chi connectivity index (χ0v) is 17.4. The van der Waals surface area contributed by atoms with Gasteiger partial charge in [-0.15, -0.1) is 0 Å². The van der Waals surface area contributed by atoms with E-state index >= 15 is 0 Å². The van der Waals surface area contributed by atoms with Crippen LogP contribution in [0.15, 0.2) is 48.5 Å². The van der Waals surface area contributed by atoms with Crippen molar-refractivity contribution in [1.29, 1.82) is 0 Å². The number of para-hydroxylation sites is 2. The fraction of sp³-hybridized carbons (Fsp3) is 0.455. The van der Waals surface area contributed by atoms with Crippen LogP contribution in [0.1, 0.15) is 52.7 Å². The van der Waals surface area contributed by atoms with Crippen LogP contribution in [0.5, 0.6) is 11.5 Å². The van der Waals surface area contributed by atoms with Gasteiger partial charge < -0.3 is 9.47 Å². The summed E-state index contributed by atoms with van der Waals surface area (Å²) in [7, 11) is 3.37. The lowest BCUT2D eigenvalue weighted by atomic mass is 10.2. The highest BCUT2D eigenvalue weighted by Crippen LogP contribution is 2.15. The quantitative estimate of drug-likeness (QED) is 0.584. The first-order chi connectivity index (χ1) is 11.7. The maximum atomic E-state index is 5.04. The normalized spacial score (nSPS) is 7.58. The molecule has 138 valence electrons. The summed E-state index contributed by atoms with van der Waals surface area (Å²) in [5.41, 5.74) is 2.36. The number of rotatable bonds is 2. The molecule has 2 heteroatoms. The number of methoxy groups -OCH3 is 2. The largest absolute Gasteiger partial charge is 0.496 e. The van der Waals surface area contributed by atoms with Crippen LogP contribution in [0.2, 0.25) is 0 Å². The molecule has 0 N–H and O–H groups in total. The van der Waals surface area contributed by atoms with E-state index in [2.05, 4.69) is 0 Å². The Labute approximate surface area is 150 Å². The molecular formula is C22H38O2. The SMILES string of the molecule is CC.CC.CC.COc1ccccc1C.COc1ccccc1C. The minimum atomic E-state index is 0.956. The molecule has 2 rings (SSSR count). The van der Waals surface area contributed by atoms with Gasteiger partial charge in [0.15, 0.2) is 0 Å². The smallest absolute Gasteiger partial charge is 0.121 e. The molecule has 0 amide bonds. The zero-order valence-electron chi connectivity index (χ0n) is 17.4. The van der Waals surface area contributed by atoms with E-state index in [1.54, 1.807) is 14.2 Å². The molecular weight excluding hydrogens is 296 g/mol. The summed E-state index contributed by atoms with van der Waals surface area (Å²) in [6.07, 6.45) is 0. The molecule has 0 aliphatic rings. The van der Waals surface area contributed by atoms with Crippen molar-refractivity contribution in [2.75, 3.05) is 14.2 Å². The number of hydrogen-bond acceptors (Lipinski definition) is 2. The molecule has 2 aromatic carbocycles. The Balaban J connectivity index is -0.000000281. The minimum Gasteiger partial charge on any atom is -0.496 e.